The van der Waals surface area contributed by atoms with Crippen molar-refractivity contribution in [2.24, 2.45) is 10.7 Å². The summed E-state index contributed by atoms with van der Waals surface area (Å²) in [5, 5.41) is 0. The van der Waals surface area contributed by atoms with Gasteiger partial charge in [-0.05, 0) is 37.0 Å². The summed E-state index contributed by atoms with van der Waals surface area (Å²) < 4.78 is 22.8. The van der Waals surface area contributed by atoms with Gasteiger partial charge in [0, 0.05) is 25.9 Å². The van der Waals surface area contributed by atoms with Crippen LogP contribution in [0.4, 0.5) is 0 Å². The van der Waals surface area contributed by atoms with Crippen LogP contribution in [0, 0.1) is 0 Å². The monoisotopic (exact) mass is 451 g/mol. The molecule has 2 N–H and O–H groups in total. The molecule has 23 heavy (non-hydrogen) atoms. The first-order chi connectivity index (χ1) is 10.5. The number of rotatable bonds is 4. The predicted molar refractivity (Wildman–Crippen MR) is 105 cm³/mol. The first-order valence-electron chi connectivity index (χ1n) is 7.81. The number of aliphatic imine (C=N–C) groups is 1. The van der Waals surface area contributed by atoms with E-state index in [2.05, 4.69) is 9.89 Å². The molecule has 0 aromatic heterocycles. The van der Waals surface area contributed by atoms with Gasteiger partial charge < -0.3 is 10.6 Å². The van der Waals surface area contributed by atoms with Gasteiger partial charge in [-0.25, -0.2) is 8.42 Å². The lowest BCUT2D eigenvalue weighted by molar-refractivity contribution is 0.428. The highest BCUT2D eigenvalue weighted by Gasteiger charge is 2.10. The Hall–Kier alpha value is -0.830. The van der Waals surface area contributed by atoms with Gasteiger partial charge in [-0.1, -0.05) is 25.0 Å². The molecule has 0 unspecified atom stereocenters. The van der Waals surface area contributed by atoms with E-state index in [0.29, 0.717) is 17.4 Å². The average molecular weight is 451 g/mol. The van der Waals surface area contributed by atoms with E-state index >= 15 is 0 Å². The molecule has 0 spiro atoms. The van der Waals surface area contributed by atoms with Crippen molar-refractivity contribution in [3.8, 4) is 0 Å². The van der Waals surface area contributed by atoms with Gasteiger partial charge in [0.1, 0.15) is 0 Å². The Balaban J connectivity index is 0.00000264. The lowest BCUT2D eigenvalue weighted by Crippen LogP contribution is -2.38. The summed E-state index contributed by atoms with van der Waals surface area (Å²) in [7, 11) is -3.13. The minimum absolute atomic E-state index is 0. The topological polar surface area (TPSA) is 75.8 Å². The molecule has 7 heteroatoms. The van der Waals surface area contributed by atoms with E-state index in [1.165, 1.54) is 31.9 Å². The molecule has 1 heterocycles. The Labute approximate surface area is 156 Å². The summed E-state index contributed by atoms with van der Waals surface area (Å²) >= 11 is 0. The van der Waals surface area contributed by atoms with Gasteiger partial charge in [-0.3, -0.25) is 4.99 Å². The van der Waals surface area contributed by atoms with Crippen LogP contribution in [-0.2, 0) is 16.3 Å². The van der Waals surface area contributed by atoms with Crippen molar-refractivity contribution in [2.45, 2.75) is 37.0 Å². The molecule has 1 fully saturated rings. The number of sulfone groups is 1. The SMILES string of the molecule is CS(=O)(=O)c1ccc(CCN=C(N)N2CCCCCC2)cc1.I. The van der Waals surface area contributed by atoms with Crippen LogP contribution in [0.25, 0.3) is 0 Å². The second-order valence-electron chi connectivity index (χ2n) is 5.81. The van der Waals surface area contributed by atoms with Gasteiger partial charge in [0.25, 0.3) is 0 Å². The van der Waals surface area contributed by atoms with Gasteiger partial charge in [-0.2, -0.15) is 0 Å². The summed E-state index contributed by atoms with van der Waals surface area (Å²) in [6.07, 6.45) is 6.89. The summed E-state index contributed by atoms with van der Waals surface area (Å²) in [6, 6.07) is 6.97. The quantitative estimate of drug-likeness (QED) is 0.434. The number of likely N-dealkylation sites (tertiary alicyclic amines) is 1. The summed E-state index contributed by atoms with van der Waals surface area (Å²) in [4.78, 5) is 6.98. The van der Waals surface area contributed by atoms with Crippen LogP contribution >= 0.6 is 24.0 Å². The average Bonchev–Trinajstić information content (AvgIpc) is 2.76. The van der Waals surface area contributed by atoms with Gasteiger partial charge in [0.05, 0.1) is 4.90 Å². The van der Waals surface area contributed by atoms with Crippen LogP contribution < -0.4 is 5.73 Å². The molecule has 1 aliphatic rings. The third-order valence-corrected chi connectivity index (χ3v) is 5.08. The molecule has 1 saturated heterocycles. The number of nitrogens with zero attached hydrogens (tertiary/aromatic N) is 2. The molecule has 1 aliphatic heterocycles. The van der Waals surface area contributed by atoms with E-state index in [1.54, 1.807) is 12.1 Å². The number of benzene rings is 1. The van der Waals surface area contributed by atoms with Crippen LogP contribution in [-0.4, -0.2) is 45.2 Å². The zero-order valence-electron chi connectivity index (χ0n) is 13.6. The molecule has 0 atom stereocenters. The van der Waals surface area contributed by atoms with Gasteiger partial charge >= 0.3 is 0 Å². The van der Waals surface area contributed by atoms with Crippen molar-refractivity contribution >= 4 is 39.8 Å². The highest BCUT2D eigenvalue weighted by molar-refractivity contribution is 14.0. The standard InChI is InChI=1S/C16H25N3O2S.HI/c1-22(20,21)15-8-6-14(7-9-15)10-11-18-16(17)19-12-4-2-3-5-13-19;/h6-9H,2-5,10-13H2,1H3,(H2,17,18);1H. The largest absolute Gasteiger partial charge is 0.370 e. The fourth-order valence-electron chi connectivity index (χ4n) is 2.60. The molecule has 2 rings (SSSR count). The first kappa shape index (κ1) is 20.2. The van der Waals surface area contributed by atoms with Crippen LogP contribution in [0.15, 0.2) is 34.2 Å². The molecule has 5 nitrogen and oxygen atoms in total. The maximum Gasteiger partial charge on any atom is 0.191 e. The second kappa shape index (κ2) is 9.46. The molecule has 1 aromatic carbocycles. The molecule has 1 aromatic rings. The molecular formula is C16H26IN3O2S. The number of halogens is 1. The second-order valence-corrected chi connectivity index (χ2v) is 7.82. The third kappa shape index (κ3) is 6.66. The van der Waals surface area contributed by atoms with Crippen LogP contribution in [0.1, 0.15) is 31.2 Å². The maximum atomic E-state index is 11.4. The highest BCUT2D eigenvalue weighted by atomic mass is 127. The molecule has 0 radical (unpaired) electrons. The zero-order valence-corrected chi connectivity index (χ0v) is 16.7. The molecule has 0 saturated carbocycles. The molecule has 130 valence electrons. The molecular weight excluding hydrogens is 425 g/mol. The van der Waals surface area contributed by atoms with Crippen LogP contribution in [0.3, 0.4) is 0 Å². The van der Waals surface area contributed by atoms with E-state index in [-0.39, 0.29) is 24.0 Å². The van der Waals surface area contributed by atoms with Crippen molar-refractivity contribution in [1.82, 2.24) is 4.90 Å². The van der Waals surface area contributed by atoms with Crippen molar-refractivity contribution in [3.63, 3.8) is 0 Å². The predicted octanol–water partition coefficient (Wildman–Crippen LogP) is 2.44. The molecule has 0 amide bonds. The van der Waals surface area contributed by atoms with Crippen molar-refractivity contribution in [2.75, 3.05) is 25.9 Å². The smallest absolute Gasteiger partial charge is 0.191 e. The van der Waals surface area contributed by atoms with Crippen LogP contribution in [0.5, 0.6) is 0 Å². The van der Waals surface area contributed by atoms with Crippen LogP contribution in [0.2, 0.25) is 0 Å². The Kier molecular flexibility index (Phi) is 8.32. The van der Waals surface area contributed by atoms with Gasteiger partial charge in [0.2, 0.25) is 0 Å². The fourth-order valence-corrected chi connectivity index (χ4v) is 3.23. The lowest BCUT2D eigenvalue weighted by atomic mass is 10.1. The Morgan fingerprint density at radius 1 is 1.13 bits per heavy atom. The summed E-state index contributed by atoms with van der Waals surface area (Å²) in [5.74, 6) is 0.634. The lowest BCUT2D eigenvalue weighted by Gasteiger charge is -2.21. The molecule has 0 bridgehead atoms. The number of hydrogen-bond acceptors (Lipinski definition) is 3. The van der Waals surface area contributed by atoms with E-state index in [9.17, 15) is 8.42 Å². The highest BCUT2D eigenvalue weighted by Crippen LogP contribution is 2.11. The first-order valence-corrected chi connectivity index (χ1v) is 9.70. The van der Waals surface area contributed by atoms with Gasteiger partial charge in [0.15, 0.2) is 15.8 Å². The Morgan fingerprint density at radius 3 is 2.22 bits per heavy atom. The number of hydrogen-bond donors (Lipinski definition) is 1. The Bertz CT molecular complexity index is 607. The normalized spacial score (nSPS) is 16.6. The Morgan fingerprint density at radius 2 is 1.70 bits per heavy atom. The van der Waals surface area contributed by atoms with Gasteiger partial charge in [-0.15, -0.1) is 24.0 Å². The van der Waals surface area contributed by atoms with E-state index in [4.69, 9.17) is 5.73 Å². The minimum Gasteiger partial charge on any atom is -0.370 e. The number of guanidine groups is 1. The summed E-state index contributed by atoms with van der Waals surface area (Å²) in [6.45, 7) is 2.62. The number of nitrogens with two attached hydrogens (primary N) is 1. The fraction of sp³-hybridized carbons (Fsp3) is 0.562. The minimum atomic E-state index is -3.13. The van der Waals surface area contributed by atoms with E-state index < -0.39 is 9.84 Å². The van der Waals surface area contributed by atoms with E-state index in [1.807, 2.05) is 12.1 Å². The summed E-state index contributed by atoms with van der Waals surface area (Å²) in [5.41, 5.74) is 7.13. The maximum absolute atomic E-state index is 11.4. The zero-order chi connectivity index (χ0) is 16.0. The third-order valence-electron chi connectivity index (χ3n) is 3.96. The van der Waals surface area contributed by atoms with Crippen molar-refractivity contribution in [3.05, 3.63) is 29.8 Å². The van der Waals surface area contributed by atoms with Crippen molar-refractivity contribution < 1.29 is 8.42 Å². The van der Waals surface area contributed by atoms with Crippen molar-refractivity contribution in [1.29, 1.82) is 0 Å². The molecule has 0 aliphatic carbocycles. The van der Waals surface area contributed by atoms with E-state index in [0.717, 1.165) is 25.1 Å².